The summed E-state index contributed by atoms with van der Waals surface area (Å²) in [5, 5.41) is 3.87. The van der Waals surface area contributed by atoms with E-state index in [9.17, 15) is 14.4 Å². The van der Waals surface area contributed by atoms with Gasteiger partial charge in [-0.3, -0.25) is 18.7 Å². The Balaban J connectivity index is 1.65. The number of carbonyl (C=O) groups excluding carboxylic acids is 1. The Morgan fingerprint density at radius 2 is 1.78 bits per heavy atom. The van der Waals surface area contributed by atoms with Gasteiger partial charge in [-0.05, 0) is 36.6 Å². The zero-order valence-electron chi connectivity index (χ0n) is 14.9. The summed E-state index contributed by atoms with van der Waals surface area (Å²) in [5.74, 6) is -0.372. The first kappa shape index (κ1) is 18.9. The van der Waals surface area contributed by atoms with Crippen LogP contribution in [0.3, 0.4) is 0 Å². The first-order chi connectivity index (χ1) is 13.0. The Bertz CT molecular complexity index is 1100. The van der Waals surface area contributed by atoms with E-state index in [1.54, 1.807) is 31.3 Å². The van der Waals surface area contributed by atoms with Crippen molar-refractivity contribution in [3.63, 3.8) is 0 Å². The zero-order chi connectivity index (χ0) is 19.4. The molecule has 0 aliphatic heterocycles. The smallest absolute Gasteiger partial charge is 0.331 e. The highest BCUT2D eigenvalue weighted by Gasteiger charge is 2.13. The van der Waals surface area contributed by atoms with Crippen LogP contribution >= 0.6 is 11.6 Å². The van der Waals surface area contributed by atoms with E-state index in [1.165, 1.54) is 4.57 Å². The van der Waals surface area contributed by atoms with Crippen molar-refractivity contribution in [1.29, 1.82) is 0 Å². The van der Waals surface area contributed by atoms with E-state index >= 15 is 0 Å². The van der Waals surface area contributed by atoms with Gasteiger partial charge in [0.05, 0.1) is 10.9 Å². The van der Waals surface area contributed by atoms with Crippen LogP contribution < -0.4 is 16.6 Å². The molecule has 3 aromatic rings. The van der Waals surface area contributed by atoms with Crippen LogP contribution in [0.15, 0.2) is 58.1 Å². The van der Waals surface area contributed by atoms with Crippen LogP contribution in [0.2, 0.25) is 5.02 Å². The van der Waals surface area contributed by atoms with Gasteiger partial charge >= 0.3 is 5.69 Å². The second kappa shape index (κ2) is 8.22. The van der Waals surface area contributed by atoms with E-state index in [1.807, 2.05) is 24.3 Å². The van der Waals surface area contributed by atoms with Crippen molar-refractivity contribution in [1.82, 2.24) is 14.5 Å². The van der Waals surface area contributed by atoms with E-state index in [4.69, 9.17) is 11.6 Å². The van der Waals surface area contributed by atoms with Gasteiger partial charge in [-0.1, -0.05) is 41.9 Å². The van der Waals surface area contributed by atoms with Crippen LogP contribution in [0, 0.1) is 0 Å². The molecule has 0 saturated carbocycles. The summed E-state index contributed by atoms with van der Waals surface area (Å²) in [6.07, 6.45) is 1.44. The van der Waals surface area contributed by atoms with E-state index in [-0.39, 0.29) is 12.5 Å². The van der Waals surface area contributed by atoms with E-state index in [2.05, 4.69) is 5.32 Å². The Morgan fingerprint density at radius 1 is 1.07 bits per heavy atom. The predicted octanol–water partition coefficient (Wildman–Crippen LogP) is 2.10. The molecule has 0 aliphatic rings. The molecule has 0 fully saturated rings. The molecule has 6 nitrogen and oxygen atoms in total. The largest absolute Gasteiger partial charge is 0.355 e. The van der Waals surface area contributed by atoms with Crippen LogP contribution in [0.1, 0.15) is 12.0 Å². The molecule has 0 unspecified atom stereocenters. The number of aryl methyl sites for hydroxylation is 2. The van der Waals surface area contributed by atoms with Gasteiger partial charge in [0, 0.05) is 18.6 Å². The maximum absolute atomic E-state index is 12.5. The lowest BCUT2D eigenvalue weighted by molar-refractivity contribution is -0.121. The van der Waals surface area contributed by atoms with E-state index in [0.717, 1.165) is 16.6 Å². The molecule has 0 aliphatic carbocycles. The summed E-state index contributed by atoms with van der Waals surface area (Å²) >= 11 is 6.11. The fraction of sp³-hybridized carbons (Fsp3) is 0.250. The fourth-order valence-electron chi connectivity index (χ4n) is 3.01. The van der Waals surface area contributed by atoms with Crippen LogP contribution in [0.25, 0.3) is 10.9 Å². The Kier molecular flexibility index (Phi) is 5.76. The van der Waals surface area contributed by atoms with Crippen molar-refractivity contribution < 1.29 is 4.79 Å². The van der Waals surface area contributed by atoms with Crippen molar-refractivity contribution in [3.05, 3.63) is 80.0 Å². The minimum Gasteiger partial charge on any atom is -0.355 e. The molecular formula is C20H20ClN3O3. The molecule has 0 spiro atoms. The predicted molar refractivity (Wildman–Crippen MR) is 106 cm³/mol. The van der Waals surface area contributed by atoms with Crippen LogP contribution in [0.5, 0.6) is 0 Å². The lowest BCUT2D eigenvalue weighted by Gasteiger charge is -2.11. The first-order valence-corrected chi connectivity index (χ1v) is 9.05. The first-order valence-electron chi connectivity index (χ1n) is 8.67. The molecule has 1 aromatic heterocycles. The average molecular weight is 386 g/mol. The van der Waals surface area contributed by atoms with Crippen LogP contribution in [-0.2, 0) is 24.8 Å². The summed E-state index contributed by atoms with van der Waals surface area (Å²) in [5.41, 5.74) is 0.599. The third-order valence-electron chi connectivity index (χ3n) is 4.46. The van der Waals surface area contributed by atoms with Gasteiger partial charge < -0.3 is 5.32 Å². The number of amides is 1. The van der Waals surface area contributed by atoms with Crippen molar-refractivity contribution >= 4 is 28.4 Å². The molecule has 140 valence electrons. The molecule has 0 atom stereocenters. The SMILES string of the molecule is Cn1c(=O)n(CC(=O)NCCCc2ccccc2Cl)c(=O)c2ccccc21. The molecular weight excluding hydrogens is 366 g/mol. The van der Waals surface area contributed by atoms with Crippen molar-refractivity contribution in [2.45, 2.75) is 19.4 Å². The minimum absolute atomic E-state index is 0.303. The second-order valence-corrected chi connectivity index (χ2v) is 6.70. The van der Waals surface area contributed by atoms with Gasteiger partial charge in [0.25, 0.3) is 5.56 Å². The molecule has 27 heavy (non-hydrogen) atoms. The maximum atomic E-state index is 12.5. The fourth-order valence-corrected chi connectivity index (χ4v) is 3.24. The van der Waals surface area contributed by atoms with Gasteiger partial charge in [0.15, 0.2) is 0 Å². The van der Waals surface area contributed by atoms with E-state index in [0.29, 0.717) is 28.9 Å². The standard InChI is InChI=1S/C20H20ClN3O3/c1-23-17-11-5-3-9-15(17)19(26)24(20(23)27)13-18(25)22-12-6-8-14-7-2-4-10-16(14)21/h2-5,7,9-11H,6,8,12-13H2,1H3,(H,22,25). The number of benzene rings is 2. The maximum Gasteiger partial charge on any atom is 0.331 e. The van der Waals surface area contributed by atoms with Gasteiger partial charge in [0.1, 0.15) is 6.54 Å². The summed E-state index contributed by atoms with van der Waals surface area (Å²) in [6.45, 7) is 0.134. The molecule has 1 amide bonds. The number of aromatic nitrogens is 2. The highest BCUT2D eigenvalue weighted by molar-refractivity contribution is 6.31. The van der Waals surface area contributed by atoms with Gasteiger partial charge in [-0.2, -0.15) is 0 Å². The number of hydrogen-bond donors (Lipinski definition) is 1. The highest BCUT2D eigenvalue weighted by Crippen LogP contribution is 2.16. The normalized spacial score (nSPS) is 10.9. The van der Waals surface area contributed by atoms with Gasteiger partial charge in [-0.25, -0.2) is 4.79 Å². The molecule has 3 rings (SSSR count). The number of fused-ring (bicyclic) bond motifs is 1. The number of halogens is 1. The number of hydrogen-bond acceptors (Lipinski definition) is 3. The summed E-state index contributed by atoms with van der Waals surface area (Å²) < 4.78 is 2.34. The van der Waals surface area contributed by atoms with Crippen molar-refractivity contribution in [2.24, 2.45) is 7.05 Å². The van der Waals surface area contributed by atoms with Gasteiger partial charge in [-0.15, -0.1) is 0 Å². The number of rotatable bonds is 6. The lowest BCUT2D eigenvalue weighted by Crippen LogP contribution is -2.43. The highest BCUT2D eigenvalue weighted by atomic mass is 35.5. The quantitative estimate of drug-likeness (QED) is 0.660. The number of nitrogens with zero attached hydrogens (tertiary/aromatic N) is 2. The number of carbonyl (C=O) groups is 1. The third kappa shape index (κ3) is 4.11. The Morgan fingerprint density at radius 3 is 2.56 bits per heavy atom. The van der Waals surface area contributed by atoms with E-state index < -0.39 is 11.2 Å². The Hall–Kier alpha value is -2.86. The summed E-state index contributed by atoms with van der Waals surface area (Å²) in [6, 6.07) is 14.4. The number of para-hydroxylation sites is 1. The average Bonchev–Trinajstić information content (AvgIpc) is 2.68. The molecule has 0 bridgehead atoms. The zero-order valence-corrected chi connectivity index (χ0v) is 15.7. The Labute approximate surface area is 161 Å². The summed E-state index contributed by atoms with van der Waals surface area (Å²) in [7, 11) is 1.59. The molecule has 0 saturated heterocycles. The molecule has 0 radical (unpaired) electrons. The minimum atomic E-state index is -0.509. The van der Waals surface area contributed by atoms with Crippen molar-refractivity contribution in [2.75, 3.05) is 6.54 Å². The van der Waals surface area contributed by atoms with Gasteiger partial charge in [0.2, 0.25) is 5.91 Å². The summed E-state index contributed by atoms with van der Waals surface area (Å²) in [4.78, 5) is 37.2. The molecule has 1 N–H and O–H groups in total. The molecule has 2 aromatic carbocycles. The lowest BCUT2D eigenvalue weighted by atomic mass is 10.1. The van der Waals surface area contributed by atoms with Crippen LogP contribution in [-0.4, -0.2) is 21.6 Å². The topological polar surface area (TPSA) is 73.1 Å². The second-order valence-electron chi connectivity index (χ2n) is 6.29. The molecule has 7 heteroatoms. The molecule has 1 heterocycles. The van der Waals surface area contributed by atoms with Crippen molar-refractivity contribution in [3.8, 4) is 0 Å². The number of nitrogens with one attached hydrogen (secondary N) is 1. The third-order valence-corrected chi connectivity index (χ3v) is 4.83. The van der Waals surface area contributed by atoms with Crippen LogP contribution in [0.4, 0.5) is 0 Å². The monoisotopic (exact) mass is 385 g/mol.